The number of carbonyl (C=O) groups is 1. The lowest BCUT2D eigenvalue weighted by Gasteiger charge is -2.11. The highest BCUT2D eigenvalue weighted by atomic mass is 32.2. The molecule has 0 fully saturated rings. The molecule has 2 N–H and O–H groups in total. The third-order valence-electron chi connectivity index (χ3n) is 3.01. The molecule has 1 rings (SSSR count). The van der Waals surface area contributed by atoms with Crippen molar-refractivity contribution in [2.45, 2.75) is 38.5 Å². The molecular weight excluding hydrogens is 278 g/mol. The van der Waals surface area contributed by atoms with Gasteiger partial charge in [-0.05, 0) is 37.0 Å². The van der Waals surface area contributed by atoms with Gasteiger partial charge in [0.1, 0.15) is 0 Å². The Bertz CT molecular complexity index is 581. The maximum absolute atomic E-state index is 11.9. The number of esters is 1. The highest BCUT2D eigenvalue weighted by molar-refractivity contribution is 7.89. The average molecular weight is 299 g/mol. The van der Waals surface area contributed by atoms with Crippen molar-refractivity contribution in [2.75, 3.05) is 6.61 Å². The predicted molar refractivity (Wildman–Crippen MR) is 76.9 cm³/mol. The van der Waals surface area contributed by atoms with Crippen molar-refractivity contribution in [3.05, 3.63) is 29.3 Å². The van der Waals surface area contributed by atoms with Crippen LogP contribution in [0.4, 0.5) is 0 Å². The smallest absolute Gasteiger partial charge is 0.338 e. The van der Waals surface area contributed by atoms with Crippen molar-refractivity contribution in [1.82, 2.24) is 0 Å². The number of primary sulfonamides is 1. The second-order valence-electron chi connectivity index (χ2n) is 5.02. The normalized spacial score (nSPS) is 13.0. The van der Waals surface area contributed by atoms with E-state index in [9.17, 15) is 13.2 Å². The first-order chi connectivity index (χ1) is 9.25. The number of nitrogens with two attached hydrogens (primary N) is 1. The molecule has 0 aliphatic heterocycles. The summed E-state index contributed by atoms with van der Waals surface area (Å²) in [5.74, 6) is -0.245. The van der Waals surface area contributed by atoms with E-state index in [2.05, 4.69) is 6.92 Å². The van der Waals surface area contributed by atoms with Gasteiger partial charge in [-0.15, -0.1) is 0 Å². The van der Waals surface area contributed by atoms with E-state index in [1.54, 1.807) is 13.0 Å². The standard InChI is InChI=1S/C14H21NO4S/c1-4-5-10(2)9-19-14(16)12-7-6-11(3)13(8-12)20(15,17)18/h6-8,10H,4-5,9H2,1-3H3,(H2,15,17,18). The van der Waals surface area contributed by atoms with Crippen LogP contribution in [0.5, 0.6) is 0 Å². The highest BCUT2D eigenvalue weighted by Gasteiger charge is 2.16. The van der Waals surface area contributed by atoms with Crippen molar-refractivity contribution in [2.24, 2.45) is 11.1 Å². The van der Waals surface area contributed by atoms with E-state index in [1.807, 2.05) is 6.92 Å². The molecule has 0 aromatic heterocycles. The van der Waals surface area contributed by atoms with Crippen LogP contribution in [0.1, 0.15) is 42.6 Å². The number of sulfonamides is 1. The van der Waals surface area contributed by atoms with Crippen LogP contribution in [0.25, 0.3) is 0 Å². The van der Waals surface area contributed by atoms with Crippen molar-refractivity contribution in [3.8, 4) is 0 Å². The summed E-state index contributed by atoms with van der Waals surface area (Å²) in [5, 5.41) is 5.11. The van der Waals surface area contributed by atoms with Crippen LogP contribution in [0.2, 0.25) is 0 Å². The van der Waals surface area contributed by atoms with Gasteiger partial charge in [0.05, 0.1) is 17.1 Å². The molecule has 0 saturated carbocycles. The number of aryl methyl sites for hydroxylation is 1. The molecule has 1 unspecified atom stereocenters. The Hall–Kier alpha value is -1.40. The maximum atomic E-state index is 11.9. The van der Waals surface area contributed by atoms with Gasteiger partial charge in [-0.3, -0.25) is 0 Å². The topological polar surface area (TPSA) is 86.5 Å². The quantitative estimate of drug-likeness (QED) is 0.816. The van der Waals surface area contributed by atoms with E-state index in [0.717, 1.165) is 12.8 Å². The first kappa shape index (κ1) is 16.7. The molecule has 0 radical (unpaired) electrons. The number of benzene rings is 1. The Labute approximate surface area is 120 Å². The molecule has 0 amide bonds. The summed E-state index contributed by atoms with van der Waals surface area (Å²) in [5.41, 5.74) is 0.701. The van der Waals surface area contributed by atoms with E-state index in [-0.39, 0.29) is 16.4 Å². The Kier molecular flexibility index (Phi) is 5.71. The van der Waals surface area contributed by atoms with E-state index in [0.29, 0.717) is 12.2 Å². The first-order valence-corrected chi connectivity index (χ1v) is 8.11. The lowest BCUT2D eigenvalue weighted by molar-refractivity contribution is 0.0443. The van der Waals surface area contributed by atoms with Crippen LogP contribution in [0.3, 0.4) is 0 Å². The van der Waals surface area contributed by atoms with Crippen molar-refractivity contribution < 1.29 is 17.9 Å². The van der Waals surface area contributed by atoms with Crippen LogP contribution in [-0.4, -0.2) is 21.0 Å². The Morgan fingerprint density at radius 3 is 2.60 bits per heavy atom. The number of carbonyl (C=O) groups excluding carboxylic acids is 1. The first-order valence-electron chi connectivity index (χ1n) is 6.56. The van der Waals surface area contributed by atoms with Crippen molar-refractivity contribution >= 4 is 16.0 Å². The van der Waals surface area contributed by atoms with Gasteiger partial charge >= 0.3 is 5.97 Å². The van der Waals surface area contributed by atoms with Crippen LogP contribution in [0.15, 0.2) is 23.1 Å². The summed E-state index contributed by atoms with van der Waals surface area (Å²) in [6.45, 7) is 6.02. The lowest BCUT2D eigenvalue weighted by atomic mass is 10.1. The fourth-order valence-corrected chi connectivity index (χ4v) is 2.72. The van der Waals surface area contributed by atoms with Crippen molar-refractivity contribution in [1.29, 1.82) is 0 Å². The minimum Gasteiger partial charge on any atom is -0.462 e. The van der Waals surface area contributed by atoms with Gasteiger partial charge in [0.15, 0.2) is 0 Å². The molecule has 20 heavy (non-hydrogen) atoms. The second-order valence-corrected chi connectivity index (χ2v) is 6.55. The van der Waals surface area contributed by atoms with Crippen LogP contribution < -0.4 is 5.14 Å². The van der Waals surface area contributed by atoms with Crippen molar-refractivity contribution in [3.63, 3.8) is 0 Å². The summed E-state index contributed by atoms with van der Waals surface area (Å²) in [4.78, 5) is 11.8. The second kappa shape index (κ2) is 6.85. The van der Waals surface area contributed by atoms with Crippen LogP contribution in [0, 0.1) is 12.8 Å². The molecule has 6 heteroatoms. The van der Waals surface area contributed by atoms with Crippen LogP contribution >= 0.6 is 0 Å². The van der Waals surface area contributed by atoms with Gasteiger partial charge in [-0.2, -0.15) is 0 Å². The summed E-state index contributed by atoms with van der Waals surface area (Å²) in [7, 11) is -3.84. The molecule has 1 aromatic carbocycles. The zero-order valence-corrected chi connectivity index (χ0v) is 12.9. The molecule has 1 aromatic rings. The average Bonchev–Trinajstić information content (AvgIpc) is 2.35. The molecule has 0 aliphatic rings. The molecule has 112 valence electrons. The lowest BCUT2D eigenvalue weighted by Crippen LogP contribution is -2.16. The largest absolute Gasteiger partial charge is 0.462 e. The molecule has 0 aliphatic carbocycles. The van der Waals surface area contributed by atoms with Crippen LogP contribution in [-0.2, 0) is 14.8 Å². The minimum atomic E-state index is -3.84. The number of hydrogen-bond donors (Lipinski definition) is 1. The molecule has 1 atom stereocenters. The fraction of sp³-hybridized carbons (Fsp3) is 0.500. The van der Waals surface area contributed by atoms with E-state index >= 15 is 0 Å². The Morgan fingerprint density at radius 2 is 2.05 bits per heavy atom. The van der Waals surface area contributed by atoms with E-state index in [4.69, 9.17) is 9.88 Å². The SMILES string of the molecule is CCCC(C)COC(=O)c1ccc(C)c(S(N)(=O)=O)c1. The molecule has 0 heterocycles. The third kappa shape index (κ3) is 4.61. The monoisotopic (exact) mass is 299 g/mol. The van der Waals surface area contributed by atoms with Gasteiger partial charge in [0, 0.05) is 0 Å². The van der Waals surface area contributed by atoms with Gasteiger partial charge in [0.25, 0.3) is 0 Å². The summed E-state index contributed by atoms with van der Waals surface area (Å²) >= 11 is 0. The molecule has 0 saturated heterocycles. The Morgan fingerprint density at radius 1 is 1.40 bits per heavy atom. The number of hydrogen-bond acceptors (Lipinski definition) is 4. The highest BCUT2D eigenvalue weighted by Crippen LogP contribution is 2.17. The van der Waals surface area contributed by atoms with Gasteiger partial charge in [-0.1, -0.05) is 26.3 Å². The zero-order valence-electron chi connectivity index (χ0n) is 12.0. The number of rotatable bonds is 6. The minimum absolute atomic E-state index is 0.0476. The van der Waals surface area contributed by atoms with Gasteiger partial charge in [0.2, 0.25) is 10.0 Å². The van der Waals surface area contributed by atoms with E-state index in [1.165, 1.54) is 12.1 Å². The molecular formula is C14H21NO4S. The maximum Gasteiger partial charge on any atom is 0.338 e. The van der Waals surface area contributed by atoms with Gasteiger partial charge in [-0.25, -0.2) is 18.4 Å². The summed E-state index contributed by atoms with van der Waals surface area (Å²) in [6, 6.07) is 4.35. The molecule has 5 nitrogen and oxygen atoms in total. The van der Waals surface area contributed by atoms with Gasteiger partial charge < -0.3 is 4.74 Å². The Balaban J connectivity index is 2.85. The molecule has 0 bridgehead atoms. The zero-order chi connectivity index (χ0) is 15.3. The summed E-state index contributed by atoms with van der Waals surface area (Å²) < 4.78 is 28.0. The number of ether oxygens (including phenoxy) is 1. The third-order valence-corrected chi connectivity index (χ3v) is 4.06. The predicted octanol–water partition coefficient (Wildman–Crippen LogP) is 2.24. The fourth-order valence-electron chi connectivity index (χ4n) is 1.91. The molecule has 0 spiro atoms. The van der Waals surface area contributed by atoms with E-state index < -0.39 is 16.0 Å². The summed E-state index contributed by atoms with van der Waals surface area (Å²) in [6.07, 6.45) is 2.00.